The number of hydrogen-bond acceptors (Lipinski definition) is 3. The lowest BCUT2D eigenvalue weighted by Crippen LogP contribution is -2.34. The summed E-state index contributed by atoms with van der Waals surface area (Å²) in [7, 11) is 0. The molecule has 5 rings (SSSR count). The lowest BCUT2D eigenvalue weighted by Gasteiger charge is -2.22. The Morgan fingerprint density at radius 2 is 2.10 bits per heavy atom. The van der Waals surface area contributed by atoms with Gasteiger partial charge in [-0.1, -0.05) is 6.07 Å². The van der Waals surface area contributed by atoms with E-state index in [4.69, 9.17) is 0 Å². The van der Waals surface area contributed by atoms with Crippen LogP contribution in [-0.2, 0) is 6.54 Å². The van der Waals surface area contributed by atoms with Crippen molar-refractivity contribution < 1.29 is 13.6 Å². The second kappa shape index (κ2) is 7.61. The van der Waals surface area contributed by atoms with Crippen LogP contribution in [0.2, 0.25) is 0 Å². The zero-order valence-electron chi connectivity index (χ0n) is 16.9. The fourth-order valence-electron chi connectivity index (χ4n) is 4.45. The summed E-state index contributed by atoms with van der Waals surface area (Å²) >= 11 is 0. The van der Waals surface area contributed by atoms with Crippen molar-refractivity contribution in [2.24, 2.45) is 5.92 Å². The molecule has 3 aromatic heterocycles. The van der Waals surface area contributed by atoms with E-state index in [9.17, 15) is 13.6 Å². The Labute approximate surface area is 177 Å². The molecule has 4 aromatic rings. The van der Waals surface area contributed by atoms with E-state index in [1.807, 2.05) is 31.6 Å². The van der Waals surface area contributed by atoms with E-state index in [-0.39, 0.29) is 17.5 Å². The minimum absolute atomic E-state index is 0.0531. The summed E-state index contributed by atoms with van der Waals surface area (Å²) in [5.41, 5.74) is 2.63. The first kappa shape index (κ1) is 19.4. The maximum atomic E-state index is 14.1. The molecule has 0 unspecified atom stereocenters. The molecule has 0 radical (unpaired) electrons. The van der Waals surface area contributed by atoms with Crippen LogP contribution in [0, 0.1) is 17.6 Å². The number of nitrogens with one attached hydrogen (secondary N) is 1. The summed E-state index contributed by atoms with van der Waals surface area (Å²) in [6.45, 7) is 3.13. The van der Waals surface area contributed by atoms with Gasteiger partial charge in [-0.2, -0.15) is 5.10 Å². The van der Waals surface area contributed by atoms with E-state index >= 15 is 0 Å². The number of carbonyl (C=O) groups excluding carboxylic acids is 1. The fraction of sp³-hybridized carbons (Fsp3) is 0.261. The molecule has 0 spiro atoms. The van der Waals surface area contributed by atoms with Gasteiger partial charge in [0.05, 0.1) is 11.8 Å². The number of aromatic amines is 1. The summed E-state index contributed by atoms with van der Waals surface area (Å²) in [5.74, 6) is -2.36. The molecule has 0 aliphatic carbocycles. The number of benzene rings is 1. The van der Waals surface area contributed by atoms with Crippen molar-refractivity contribution in [2.75, 3.05) is 6.54 Å². The van der Waals surface area contributed by atoms with Gasteiger partial charge in [0, 0.05) is 54.2 Å². The van der Waals surface area contributed by atoms with Crippen LogP contribution in [-0.4, -0.2) is 43.1 Å². The van der Waals surface area contributed by atoms with Crippen molar-refractivity contribution in [1.82, 2.24) is 24.6 Å². The number of hydrogen-bond donors (Lipinski definition) is 1. The van der Waals surface area contributed by atoms with E-state index < -0.39 is 17.5 Å². The number of H-pyrrole nitrogens is 1. The molecule has 1 aromatic carbocycles. The normalized spacial score (nSPS) is 18.7. The third-order valence-corrected chi connectivity index (χ3v) is 5.99. The Bertz CT molecular complexity index is 1250. The maximum absolute atomic E-state index is 14.1. The average molecular weight is 421 g/mol. The Hall–Kier alpha value is -3.55. The Kier molecular flexibility index (Phi) is 4.77. The molecule has 0 bridgehead atoms. The van der Waals surface area contributed by atoms with Gasteiger partial charge in [0.2, 0.25) is 0 Å². The molecule has 2 atom stereocenters. The molecule has 31 heavy (non-hydrogen) atoms. The minimum atomic E-state index is -1.09. The highest BCUT2D eigenvalue weighted by Gasteiger charge is 2.34. The number of amides is 1. The van der Waals surface area contributed by atoms with Crippen LogP contribution in [0.15, 0.2) is 55.1 Å². The van der Waals surface area contributed by atoms with Crippen LogP contribution in [0.25, 0.3) is 22.2 Å². The predicted octanol–water partition coefficient (Wildman–Crippen LogP) is 4.26. The number of halogens is 2. The van der Waals surface area contributed by atoms with Crippen molar-refractivity contribution in [2.45, 2.75) is 25.9 Å². The van der Waals surface area contributed by atoms with E-state index in [0.717, 1.165) is 34.6 Å². The number of fused-ring (bicyclic) bond motifs is 1. The van der Waals surface area contributed by atoms with E-state index in [1.165, 1.54) is 12.1 Å². The monoisotopic (exact) mass is 421 g/mol. The molecule has 8 heteroatoms. The molecule has 4 heterocycles. The lowest BCUT2D eigenvalue weighted by atomic mass is 10.1. The van der Waals surface area contributed by atoms with Gasteiger partial charge < -0.3 is 9.47 Å². The van der Waals surface area contributed by atoms with Crippen LogP contribution < -0.4 is 0 Å². The Morgan fingerprint density at radius 1 is 1.23 bits per heavy atom. The number of rotatable bonds is 4. The van der Waals surface area contributed by atoms with Crippen LogP contribution in [0.4, 0.5) is 8.78 Å². The average Bonchev–Trinajstić information content (AvgIpc) is 3.50. The van der Waals surface area contributed by atoms with Gasteiger partial charge in [0.1, 0.15) is 5.65 Å². The quantitative estimate of drug-likeness (QED) is 0.536. The van der Waals surface area contributed by atoms with E-state index in [1.54, 1.807) is 11.1 Å². The number of aromatic nitrogens is 4. The van der Waals surface area contributed by atoms with Gasteiger partial charge in [-0.3, -0.25) is 9.89 Å². The molecule has 0 saturated carbocycles. The van der Waals surface area contributed by atoms with E-state index in [0.29, 0.717) is 13.1 Å². The first-order valence-electron chi connectivity index (χ1n) is 10.2. The van der Waals surface area contributed by atoms with Crippen LogP contribution in [0.1, 0.15) is 23.7 Å². The molecule has 1 fully saturated rings. The third kappa shape index (κ3) is 3.48. The summed E-state index contributed by atoms with van der Waals surface area (Å²) < 4.78 is 29.7. The topological polar surface area (TPSA) is 66.8 Å². The predicted molar refractivity (Wildman–Crippen MR) is 112 cm³/mol. The van der Waals surface area contributed by atoms with Gasteiger partial charge in [0.15, 0.2) is 11.6 Å². The number of likely N-dealkylation sites (tertiary alicyclic amines) is 1. The molecule has 1 amide bonds. The minimum Gasteiger partial charge on any atom is -0.335 e. The summed E-state index contributed by atoms with van der Waals surface area (Å²) in [5, 5.41) is 7.81. The van der Waals surface area contributed by atoms with Crippen LogP contribution in [0.5, 0.6) is 0 Å². The van der Waals surface area contributed by atoms with Crippen molar-refractivity contribution in [3.63, 3.8) is 0 Å². The Morgan fingerprint density at radius 3 is 2.90 bits per heavy atom. The second-order valence-corrected chi connectivity index (χ2v) is 8.10. The van der Waals surface area contributed by atoms with Gasteiger partial charge in [-0.05, 0) is 43.5 Å². The highest BCUT2D eigenvalue weighted by Crippen LogP contribution is 2.29. The highest BCUT2D eigenvalue weighted by molar-refractivity contribution is 5.95. The van der Waals surface area contributed by atoms with Crippen molar-refractivity contribution in [3.8, 4) is 11.1 Å². The lowest BCUT2D eigenvalue weighted by molar-refractivity contribution is 0.0736. The molecule has 6 nitrogen and oxygen atoms in total. The van der Waals surface area contributed by atoms with Crippen molar-refractivity contribution >= 4 is 16.9 Å². The van der Waals surface area contributed by atoms with Gasteiger partial charge in [-0.15, -0.1) is 0 Å². The summed E-state index contributed by atoms with van der Waals surface area (Å²) in [6.07, 6.45) is 8.19. The molecule has 1 aliphatic heterocycles. The molecule has 1 N–H and O–H groups in total. The summed E-state index contributed by atoms with van der Waals surface area (Å²) in [6, 6.07) is 7.76. The maximum Gasteiger partial charge on any atom is 0.257 e. The first-order chi connectivity index (χ1) is 15.0. The third-order valence-electron chi connectivity index (χ3n) is 5.99. The summed E-state index contributed by atoms with van der Waals surface area (Å²) in [4.78, 5) is 19.1. The standard InChI is InChI=1S/C23H21F2N5O/c1-14-7-15(13-30(14)23(31)19-3-2-4-20(24)21(19)25)12-29-6-5-16-8-17(9-26-22(16)29)18-10-27-28-11-18/h2-6,8-11,14-15H,7,12-13H2,1H3,(H,27,28)/t14-,15-/m1/s1. The van der Waals surface area contributed by atoms with Gasteiger partial charge in [0.25, 0.3) is 5.91 Å². The zero-order chi connectivity index (χ0) is 21.5. The largest absolute Gasteiger partial charge is 0.335 e. The van der Waals surface area contributed by atoms with Crippen molar-refractivity contribution in [3.05, 3.63) is 72.3 Å². The number of nitrogens with zero attached hydrogens (tertiary/aromatic N) is 4. The molecule has 158 valence electrons. The van der Waals surface area contributed by atoms with Gasteiger partial charge >= 0.3 is 0 Å². The number of carbonyl (C=O) groups is 1. The van der Waals surface area contributed by atoms with Crippen molar-refractivity contribution in [1.29, 1.82) is 0 Å². The van der Waals surface area contributed by atoms with Crippen LogP contribution >= 0.6 is 0 Å². The zero-order valence-corrected chi connectivity index (χ0v) is 16.9. The SMILES string of the molecule is C[C@@H]1C[C@H](Cn2ccc3cc(-c4cn[nH]c4)cnc32)CN1C(=O)c1cccc(F)c1F. The Balaban J connectivity index is 1.34. The molecular weight excluding hydrogens is 400 g/mol. The highest BCUT2D eigenvalue weighted by atomic mass is 19.2. The molecule has 1 saturated heterocycles. The first-order valence-corrected chi connectivity index (χ1v) is 10.2. The number of pyridine rings is 1. The second-order valence-electron chi connectivity index (χ2n) is 8.10. The smallest absolute Gasteiger partial charge is 0.257 e. The molecular formula is C23H21F2N5O. The van der Waals surface area contributed by atoms with Crippen LogP contribution in [0.3, 0.4) is 0 Å². The van der Waals surface area contributed by atoms with Gasteiger partial charge in [-0.25, -0.2) is 13.8 Å². The molecule has 1 aliphatic rings. The fourth-order valence-corrected chi connectivity index (χ4v) is 4.45. The van der Waals surface area contributed by atoms with E-state index in [2.05, 4.69) is 25.8 Å².